The molecule has 33 heavy (non-hydrogen) atoms. The minimum atomic E-state index is -0.379. The molecule has 1 unspecified atom stereocenters. The predicted octanol–water partition coefficient (Wildman–Crippen LogP) is 4.96. The van der Waals surface area contributed by atoms with Crippen molar-refractivity contribution in [2.24, 2.45) is 5.92 Å². The maximum absolute atomic E-state index is 14.2. The van der Waals surface area contributed by atoms with Crippen LogP contribution in [-0.2, 0) is 6.42 Å². The Balaban J connectivity index is 1.52. The fourth-order valence-corrected chi connectivity index (χ4v) is 3.89. The Kier molecular flexibility index (Phi) is 7.24. The summed E-state index contributed by atoms with van der Waals surface area (Å²) in [7, 11) is 0. The first-order valence-corrected chi connectivity index (χ1v) is 11.4. The van der Waals surface area contributed by atoms with E-state index in [9.17, 15) is 9.50 Å². The van der Waals surface area contributed by atoms with Gasteiger partial charge in [-0.15, -0.1) is 0 Å². The normalized spacial score (nSPS) is 14.8. The van der Waals surface area contributed by atoms with Gasteiger partial charge in [-0.25, -0.2) is 9.37 Å². The van der Waals surface area contributed by atoms with Gasteiger partial charge in [0.1, 0.15) is 5.82 Å². The summed E-state index contributed by atoms with van der Waals surface area (Å²) < 4.78 is 14.2. The molecule has 4 N–H and O–H groups in total. The fourth-order valence-electron chi connectivity index (χ4n) is 3.89. The Morgan fingerprint density at radius 2 is 1.91 bits per heavy atom. The SMILES string of the molecule is CC(C)Cc1ccc(Nc2ncc3c(n2)N(CCCCO)C(Nc2ccccc2F)N3)cc1. The molecule has 0 spiro atoms. The van der Waals surface area contributed by atoms with Gasteiger partial charge in [0.25, 0.3) is 0 Å². The number of aromatic nitrogens is 2. The van der Waals surface area contributed by atoms with Crippen molar-refractivity contribution in [3.63, 3.8) is 0 Å². The zero-order chi connectivity index (χ0) is 23.2. The second kappa shape index (κ2) is 10.5. The van der Waals surface area contributed by atoms with Gasteiger partial charge in [0.15, 0.2) is 12.1 Å². The lowest BCUT2D eigenvalue weighted by Crippen LogP contribution is -2.43. The van der Waals surface area contributed by atoms with Gasteiger partial charge in [-0.3, -0.25) is 0 Å². The van der Waals surface area contributed by atoms with E-state index in [0.29, 0.717) is 30.5 Å². The summed E-state index contributed by atoms with van der Waals surface area (Å²) in [5.74, 6) is 1.51. The second-order valence-corrected chi connectivity index (χ2v) is 8.65. The highest BCUT2D eigenvalue weighted by atomic mass is 19.1. The van der Waals surface area contributed by atoms with Crippen LogP contribution in [0.2, 0.25) is 0 Å². The largest absolute Gasteiger partial charge is 0.396 e. The average molecular weight is 451 g/mol. The number of aliphatic hydroxyl groups excluding tert-OH is 1. The highest BCUT2D eigenvalue weighted by Gasteiger charge is 2.31. The molecule has 0 aliphatic carbocycles. The number of hydrogen-bond acceptors (Lipinski definition) is 7. The topological polar surface area (TPSA) is 85.3 Å². The van der Waals surface area contributed by atoms with Crippen molar-refractivity contribution in [1.29, 1.82) is 0 Å². The molecular weight excluding hydrogens is 419 g/mol. The van der Waals surface area contributed by atoms with Crippen molar-refractivity contribution in [3.05, 3.63) is 66.1 Å². The van der Waals surface area contributed by atoms with Crippen molar-refractivity contribution in [1.82, 2.24) is 9.97 Å². The summed E-state index contributed by atoms with van der Waals surface area (Å²) in [6, 6.07) is 14.9. The zero-order valence-electron chi connectivity index (χ0n) is 19.1. The summed E-state index contributed by atoms with van der Waals surface area (Å²) in [5.41, 5.74) is 3.39. The Morgan fingerprint density at radius 3 is 2.64 bits per heavy atom. The van der Waals surface area contributed by atoms with E-state index in [-0.39, 0.29) is 18.7 Å². The number of fused-ring (bicyclic) bond motifs is 1. The number of nitrogens with one attached hydrogen (secondary N) is 3. The summed E-state index contributed by atoms with van der Waals surface area (Å²) in [4.78, 5) is 11.2. The van der Waals surface area contributed by atoms with Gasteiger partial charge in [0, 0.05) is 18.8 Å². The predicted molar refractivity (Wildman–Crippen MR) is 131 cm³/mol. The number of hydrogen-bond donors (Lipinski definition) is 4. The molecule has 7 nitrogen and oxygen atoms in total. The molecule has 4 rings (SSSR count). The first-order valence-electron chi connectivity index (χ1n) is 11.4. The van der Waals surface area contributed by atoms with Gasteiger partial charge in [-0.05, 0) is 55.0 Å². The van der Waals surface area contributed by atoms with E-state index in [1.54, 1.807) is 24.4 Å². The highest BCUT2D eigenvalue weighted by molar-refractivity contribution is 5.74. The van der Waals surface area contributed by atoms with E-state index in [1.807, 2.05) is 17.0 Å². The van der Waals surface area contributed by atoms with Crippen LogP contribution in [0.3, 0.4) is 0 Å². The maximum atomic E-state index is 14.2. The average Bonchev–Trinajstić information content (AvgIpc) is 3.13. The van der Waals surface area contributed by atoms with E-state index >= 15 is 0 Å². The molecule has 1 atom stereocenters. The van der Waals surface area contributed by atoms with Crippen molar-refractivity contribution in [2.75, 3.05) is 34.0 Å². The minimum Gasteiger partial charge on any atom is -0.396 e. The molecule has 0 fully saturated rings. The van der Waals surface area contributed by atoms with Crippen LogP contribution >= 0.6 is 0 Å². The number of benzene rings is 2. The van der Waals surface area contributed by atoms with Crippen molar-refractivity contribution in [3.8, 4) is 0 Å². The molecule has 2 aromatic carbocycles. The lowest BCUT2D eigenvalue weighted by Gasteiger charge is -2.27. The van der Waals surface area contributed by atoms with Gasteiger partial charge in [-0.1, -0.05) is 38.1 Å². The Hall–Kier alpha value is -3.39. The van der Waals surface area contributed by atoms with E-state index in [4.69, 9.17) is 4.98 Å². The Morgan fingerprint density at radius 1 is 1.12 bits per heavy atom. The number of unbranched alkanes of at least 4 members (excludes halogenated alkanes) is 1. The molecule has 174 valence electrons. The number of para-hydroxylation sites is 1. The van der Waals surface area contributed by atoms with Crippen molar-refractivity contribution >= 4 is 28.8 Å². The molecule has 0 amide bonds. The monoisotopic (exact) mass is 450 g/mol. The third-order valence-electron chi connectivity index (χ3n) is 5.47. The van der Waals surface area contributed by atoms with Crippen LogP contribution in [0.4, 0.5) is 33.2 Å². The van der Waals surface area contributed by atoms with Crippen LogP contribution in [0.5, 0.6) is 0 Å². The maximum Gasteiger partial charge on any atom is 0.229 e. The van der Waals surface area contributed by atoms with E-state index in [2.05, 4.69) is 46.9 Å². The van der Waals surface area contributed by atoms with Gasteiger partial charge in [0.2, 0.25) is 5.95 Å². The second-order valence-electron chi connectivity index (χ2n) is 8.65. The van der Waals surface area contributed by atoms with Gasteiger partial charge >= 0.3 is 0 Å². The fraction of sp³-hybridized carbons (Fsp3) is 0.360. The summed E-state index contributed by atoms with van der Waals surface area (Å²) in [6.45, 7) is 5.19. The first-order chi connectivity index (χ1) is 16.0. The van der Waals surface area contributed by atoms with Crippen molar-refractivity contribution in [2.45, 2.75) is 39.4 Å². The number of rotatable bonds is 10. The molecule has 0 saturated carbocycles. The smallest absolute Gasteiger partial charge is 0.229 e. The molecule has 3 aromatic rings. The number of halogens is 1. The molecule has 2 heterocycles. The summed E-state index contributed by atoms with van der Waals surface area (Å²) in [5, 5.41) is 19.0. The van der Waals surface area contributed by atoms with E-state index < -0.39 is 0 Å². The molecule has 0 radical (unpaired) electrons. The molecule has 1 aliphatic rings. The molecule has 8 heteroatoms. The molecule has 1 aromatic heterocycles. The lowest BCUT2D eigenvalue weighted by molar-refractivity contribution is 0.285. The number of nitrogens with zero attached hydrogens (tertiary/aromatic N) is 3. The summed E-state index contributed by atoms with van der Waals surface area (Å²) >= 11 is 0. The molecule has 0 bridgehead atoms. The van der Waals surface area contributed by atoms with Gasteiger partial charge in [-0.2, -0.15) is 4.98 Å². The Bertz CT molecular complexity index is 1060. The van der Waals surface area contributed by atoms with E-state index in [0.717, 1.165) is 30.0 Å². The molecule has 1 aliphatic heterocycles. The Labute approximate surface area is 194 Å². The standard InChI is InChI=1S/C25H31FN6O/c1-17(2)15-18-9-11-19(12-10-18)28-24-27-16-22-23(31-24)32(13-5-6-14-33)25(30-22)29-21-8-4-3-7-20(21)26/h3-4,7-12,16-17,25,29-30,33H,5-6,13-15H2,1-2H3,(H,27,28,31). The van der Waals surface area contributed by atoms with Crippen LogP contribution in [0, 0.1) is 11.7 Å². The third-order valence-corrected chi connectivity index (χ3v) is 5.47. The van der Waals surface area contributed by atoms with Crippen LogP contribution in [0.15, 0.2) is 54.7 Å². The van der Waals surface area contributed by atoms with E-state index in [1.165, 1.54) is 11.6 Å². The zero-order valence-corrected chi connectivity index (χ0v) is 19.1. The summed E-state index contributed by atoms with van der Waals surface area (Å²) in [6.07, 6.45) is 3.85. The lowest BCUT2D eigenvalue weighted by atomic mass is 10.0. The molecule has 0 saturated heterocycles. The molecular formula is C25H31FN6O. The van der Waals surface area contributed by atoms with Gasteiger partial charge in [0.05, 0.1) is 17.6 Å². The first kappa shape index (κ1) is 22.8. The van der Waals surface area contributed by atoms with Gasteiger partial charge < -0.3 is 26.0 Å². The number of anilines is 5. The van der Waals surface area contributed by atoms with Crippen LogP contribution in [0.25, 0.3) is 0 Å². The quantitative estimate of drug-likeness (QED) is 0.325. The highest BCUT2D eigenvalue weighted by Crippen LogP contribution is 2.34. The van der Waals surface area contributed by atoms with Crippen molar-refractivity contribution < 1.29 is 9.50 Å². The van der Waals surface area contributed by atoms with Crippen LogP contribution in [-0.4, -0.2) is 34.5 Å². The number of aliphatic hydroxyl groups is 1. The van der Waals surface area contributed by atoms with Crippen LogP contribution in [0.1, 0.15) is 32.3 Å². The van der Waals surface area contributed by atoms with Crippen LogP contribution < -0.4 is 20.9 Å². The third kappa shape index (κ3) is 5.70. The minimum absolute atomic E-state index is 0.128.